The van der Waals surface area contributed by atoms with Crippen molar-refractivity contribution >= 4 is 21.5 Å². The van der Waals surface area contributed by atoms with Crippen LogP contribution in [0.25, 0.3) is 21.5 Å². The number of benzene rings is 4. The maximum atomic E-state index is 14.8. The second-order valence-corrected chi connectivity index (χ2v) is 11.2. The highest BCUT2D eigenvalue weighted by Crippen LogP contribution is 2.48. The average molecular weight is 437 g/mol. The molecule has 0 radical (unpaired) electrons. The maximum Gasteiger partial charge on any atom is 0.123 e. The molecule has 4 aromatic carbocycles. The first-order chi connectivity index (χ1) is 16.0. The molecule has 1 unspecified atom stereocenters. The Balaban J connectivity index is 1.43. The van der Waals surface area contributed by atoms with E-state index in [9.17, 15) is 4.39 Å². The first-order valence-corrected chi connectivity index (χ1v) is 12.7. The Labute approximate surface area is 196 Å². The number of hydrogen-bond acceptors (Lipinski definition) is 0. The summed E-state index contributed by atoms with van der Waals surface area (Å²) in [6.07, 6.45) is 8.31. The van der Waals surface area contributed by atoms with Crippen LogP contribution in [0.3, 0.4) is 0 Å². The van der Waals surface area contributed by atoms with E-state index in [1.807, 2.05) is 12.1 Å². The van der Waals surface area contributed by atoms with Gasteiger partial charge in [0.2, 0.25) is 0 Å². The van der Waals surface area contributed by atoms with Gasteiger partial charge in [-0.15, -0.1) is 0 Å². The van der Waals surface area contributed by atoms with Crippen molar-refractivity contribution in [2.75, 3.05) is 0 Å². The van der Waals surface area contributed by atoms with Crippen molar-refractivity contribution in [3.8, 4) is 0 Å². The van der Waals surface area contributed by atoms with E-state index in [1.165, 1.54) is 75.9 Å². The van der Waals surface area contributed by atoms with Crippen molar-refractivity contribution in [1.29, 1.82) is 0 Å². The van der Waals surface area contributed by atoms with Gasteiger partial charge in [0.25, 0.3) is 0 Å². The summed E-state index contributed by atoms with van der Waals surface area (Å²) in [5.41, 5.74) is 5.43. The molecule has 6 rings (SSSR count). The summed E-state index contributed by atoms with van der Waals surface area (Å²) < 4.78 is 14.8. The minimum atomic E-state index is -0.0559. The van der Waals surface area contributed by atoms with E-state index in [2.05, 4.69) is 68.4 Å². The summed E-state index contributed by atoms with van der Waals surface area (Å²) in [5, 5.41) is 5.37. The van der Waals surface area contributed by atoms with Crippen molar-refractivity contribution in [2.24, 2.45) is 5.41 Å². The number of rotatable bonds is 2. The fourth-order valence-corrected chi connectivity index (χ4v) is 6.75. The van der Waals surface area contributed by atoms with Gasteiger partial charge in [0, 0.05) is 0 Å². The van der Waals surface area contributed by atoms with Gasteiger partial charge >= 0.3 is 0 Å². The molecule has 0 spiro atoms. The van der Waals surface area contributed by atoms with Gasteiger partial charge in [0.1, 0.15) is 5.82 Å². The Morgan fingerprint density at radius 1 is 0.758 bits per heavy atom. The second-order valence-electron chi connectivity index (χ2n) is 11.2. The van der Waals surface area contributed by atoms with Crippen LogP contribution in [0.4, 0.5) is 4.39 Å². The zero-order chi connectivity index (χ0) is 22.6. The molecule has 2 aliphatic rings. The van der Waals surface area contributed by atoms with Crippen LogP contribution in [0.2, 0.25) is 0 Å². The third-order valence-corrected chi connectivity index (χ3v) is 8.56. The van der Waals surface area contributed by atoms with Gasteiger partial charge in [-0.05, 0) is 98.9 Å². The van der Waals surface area contributed by atoms with Crippen LogP contribution in [0.5, 0.6) is 0 Å². The lowest BCUT2D eigenvalue weighted by molar-refractivity contribution is 0.263. The van der Waals surface area contributed by atoms with E-state index in [4.69, 9.17) is 0 Å². The molecule has 0 heterocycles. The molecule has 0 amide bonds. The summed E-state index contributed by atoms with van der Waals surface area (Å²) >= 11 is 0. The van der Waals surface area contributed by atoms with Crippen molar-refractivity contribution in [2.45, 2.75) is 70.6 Å². The van der Waals surface area contributed by atoms with Crippen molar-refractivity contribution in [1.82, 2.24) is 0 Å². The molecular formula is C32H33F. The van der Waals surface area contributed by atoms with Crippen molar-refractivity contribution < 1.29 is 4.39 Å². The fourth-order valence-electron chi connectivity index (χ4n) is 6.75. The number of fused-ring (bicyclic) bond motifs is 5. The van der Waals surface area contributed by atoms with Crippen LogP contribution in [-0.2, 0) is 12.8 Å². The van der Waals surface area contributed by atoms with Crippen LogP contribution in [0.15, 0.2) is 66.7 Å². The quantitative estimate of drug-likeness (QED) is 0.275. The van der Waals surface area contributed by atoms with Gasteiger partial charge in [-0.3, -0.25) is 0 Å². The molecule has 0 bridgehead atoms. The number of halogens is 1. The third-order valence-electron chi connectivity index (χ3n) is 8.56. The first kappa shape index (κ1) is 20.9. The largest absolute Gasteiger partial charge is 0.207 e. The molecule has 2 aliphatic carbocycles. The number of hydrogen-bond donors (Lipinski definition) is 0. The van der Waals surface area contributed by atoms with Gasteiger partial charge < -0.3 is 0 Å². The minimum absolute atomic E-state index is 0.0559. The molecule has 1 heteroatoms. The molecule has 1 fully saturated rings. The SMILES string of the molecule is CC1(C)Cc2c(ccc3c2ccc2ccccc23)CC1c1cc(F)cc(C2CCCCC2)c1. The first-order valence-electron chi connectivity index (χ1n) is 12.7. The van der Waals surface area contributed by atoms with Crippen LogP contribution in [0, 0.1) is 11.2 Å². The standard InChI is InChI=1S/C32H33F/c1-32(2)20-30-23(13-15-28-27-11-7-6-10-22(27)12-14-29(28)30)19-31(32)25-16-24(17-26(33)18-25)21-8-4-3-5-9-21/h6-7,10-18,21,31H,3-5,8-9,19-20H2,1-2H3. The normalized spacial score (nSPS) is 20.8. The van der Waals surface area contributed by atoms with Gasteiger partial charge in [-0.25, -0.2) is 4.39 Å². The maximum absolute atomic E-state index is 14.8. The molecule has 0 N–H and O–H groups in total. The Bertz CT molecular complexity index is 1340. The van der Waals surface area contributed by atoms with Gasteiger partial charge in [-0.2, -0.15) is 0 Å². The monoisotopic (exact) mass is 436 g/mol. The van der Waals surface area contributed by atoms with E-state index < -0.39 is 0 Å². The highest BCUT2D eigenvalue weighted by Gasteiger charge is 2.37. The van der Waals surface area contributed by atoms with Gasteiger partial charge in [-0.1, -0.05) is 87.7 Å². The molecule has 0 saturated heterocycles. The van der Waals surface area contributed by atoms with E-state index in [-0.39, 0.29) is 11.2 Å². The topological polar surface area (TPSA) is 0 Å². The lowest BCUT2D eigenvalue weighted by Crippen LogP contribution is -2.31. The summed E-state index contributed by atoms with van der Waals surface area (Å²) in [6, 6.07) is 23.9. The zero-order valence-corrected chi connectivity index (χ0v) is 19.8. The highest BCUT2D eigenvalue weighted by atomic mass is 19.1. The van der Waals surface area contributed by atoms with Crippen LogP contribution < -0.4 is 0 Å². The third kappa shape index (κ3) is 3.66. The minimum Gasteiger partial charge on any atom is -0.207 e. The molecule has 1 saturated carbocycles. The molecular weight excluding hydrogens is 403 g/mol. The van der Waals surface area contributed by atoms with Crippen molar-refractivity contribution in [3.05, 3.63) is 94.8 Å². The zero-order valence-electron chi connectivity index (χ0n) is 19.8. The molecule has 1 atom stereocenters. The predicted molar refractivity (Wildman–Crippen MR) is 138 cm³/mol. The van der Waals surface area contributed by atoms with Gasteiger partial charge in [0.15, 0.2) is 0 Å². The lowest BCUT2D eigenvalue weighted by atomic mass is 9.63. The Morgan fingerprint density at radius 3 is 2.36 bits per heavy atom. The summed E-state index contributed by atoms with van der Waals surface area (Å²) in [7, 11) is 0. The Kier molecular flexibility index (Phi) is 5.05. The predicted octanol–water partition coefficient (Wildman–Crippen LogP) is 9.09. The summed E-state index contributed by atoms with van der Waals surface area (Å²) in [5.74, 6) is 0.810. The Hall–Kier alpha value is -2.67. The molecule has 33 heavy (non-hydrogen) atoms. The van der Waals surface area contributed by atoms with Crippen LogP contribution >= 0.6 is 0 Å². The Morgan fingerprint density at radius 2 is 1.52 bits per heavy atom. The molecule has 0 aliphatic heterocycles. The summed E-state index contributed by atoms with van der Waals surface area (Å²) in [4.78, 5) is 0. The fraction of sp³-hybridized carbons (Fsp3) is 0.375. The second kappa shape index (κ2) is 7.97. The van der Waals surface area contributed by atoms with E-state index in [0.717, 1.165) is 12.8 Å². The molecule has 0 aromatic heterocycles. The van der Waals surface area contributed by atoms with E-state index >= 15 is 0 Å². The van der Waals surface area contributed by atoms with Crippen LogP contribution in [-0.4, -0.2) is 0 Å². The lowest BCUT2D eigenvalue weighted by Gasteiger charge is -2.41. The molecule has 4 aromatic rings. The van der Waals surface area contributed by atoms with Crippen LogP contribution in [0.1, 0.15) is 80.0 Å². The summed E-state index contributed by atoms with van der Waals surface area (Å²) in [6.45, 7) is 4.76. The van der Waals surface area contributed by atoms with Crippen molar-refractivity contribution in [3.63, 3.8) is 0 Å². The molecule has 168 valence electrons. The smallest absolute Gasteiger partial charge is 0.123 e. The molecule has 0 nitrogen and oxygen atoms in total. The van der Waals surface area contributed by atoms with E-state index in [1.54, 1.807) is 0 Å². The average Bonchev–Trinajstić information content (AvgIpc) is 2.83. The van der Waals surface area contributed by atoms with Gasteiger partial charge in [0.05, 0.1) is 0 Å². The van der Waals surface area contributed by atoms with E-state index in [0.29, 0.717) is 11.8 Å². The highest BCUT2D eigenvalue weighted by molar-refractivity contribution is 6.08.